The maximum atomic E-state index is 12.8. The number of carbonyl (C=O) groups is 1. The van der Waals surface area contributed by atoms with Crippen molar-refractivity contribution in [2.24, 2.45) is 0 Å². The van der Waals surface area contributed by atoms with Gasteiger partial charge in [0.05, 0.1) is 17.4 Å². The third kappa shape index (κ3) is 5.68. The van der Waals surface area contributed by atoms with Crippen molar-refractivity contribution in [1.29, 1.82) is 0 Å². The minimum atomic E-state index is -0.128. The smallest absolute Gasteiger partial charge is 0.255 e. The zero-order valence-electron chi connectivity index (χ0n) is 15.8. The first-order valence-corrected chi connectivity index (χ1v) is 9.78. The summed E-state index contributed by atoms with van der Waals surface area (Å²) in [6, 6.07) is 11.3. The number of aromatic nitrogens is 1. The number of nitrogens with one attached hydrogen (secondary N) is 1. The van der Waals surface area contributed by atoms with Crippen LogP contribution in [0.3, 0.4) is 0 Å². The van der Waals surface area contributed by atoms with Gasteiger partial charge in [-0.2, -0.15) is 0 Å². The zero-order valence-corrected chi connectivity index (χ0v) is 16.6. The molecular weight excluding hydrogens is 362 g/mol. The van der Waals surface area contributed by atoms with Gasteiger partial charge in [0.2, 0.25) is 0 Å². The van der Waals surface area contributed by atoms with Gasteiger partial charge in [0, 0.05) is 36.9 Å². The van der Waals surface area contributed by atoms with Gasteiger partial charge in [-0.3, -0.25) is 14.7 Å². The van der Waals surface area contributed by atoms with Gasteiger partial charge in [0.1, 0.15) is 5.75 Å². The van der Waals surface area contributed by atoms with E-state index in [2.05, 4.69) is 15.2 Å². The minimum Gasteiger partial charge on any atom is -0.490 e. The van der Waals surface area contributed by atoms with Gasteiger partial charge in [0.15, 0.2) is 0 Å². The van der Waals surface area contributed by atoms with Gasteiger partial charge in [-0.15, -0.1) is 0 Å². The Hall–Kier alpha value is -2.11. The average molecular weight is 388 g/mol. The van der Waals surface area contributed by atoms with E-state index in [0.29, 0.717) is 16.3 Å². The van der Waals surface area contributed by atoms with E-state index in [1.807, 2.05) is 38.2 Å². The van der Waals surface area contributed by atoms with Crippen LogP contribution < -0.4 is 10.1 Å². The average Bonchev–Trinajstić information content (AvgIpc) is 2.65. The molecule has 1 aliphatic rings. The van der Waals surface area contributed by atoms with Crippen molar-refractivity contribution in [2.75, 3.05) is 13.1 Å². The van der Waals surface area contributed by atoms with Crippen LogP contribution in [0.1, 0.15) is 42.7 Å². The highest BCUT2D eigenvalue weighted by molar-refractivity contribution is 6.31. The molecule has 27 heavy (non-hydrogen) atoms. The van der Waals surface area contributed by atoms with Crippen LogP contribution in [0.5, 0.6) is 5.75 Å². The van der Waals surface area contributed by atoms with E-state index in [1.165, 1.54) is 0 Å². The lowest BCUT2D eigenvalue weighted by Gasteiger charge is -2.32. The van der Waals surface area contributed by atoms with E-state index in [1.54, 1.807) is 18.2 Å². The lowest BCUT2D eigenvalue weighted by Crippen LogP contribution is -2.44. The van der Waals surface area contributed by atoms with Crippen LogP contribution in [0.4, 0.5) is 0 Å². The zero-order chi connectivity index (χ0) is 19.2. The molecule has 0 radical (unpaired) electrons. The number of nitrogens with zero attached hydrogens (tertiary/aromatic N) is 2. The summed E-state index contributed by atoms with van der Waals surface area (Å²) < 4.78 is 5.76. The molecule has 2 aromatic rings. The van der Waals surface area contributed by atoms with Gasteiger partial charge in [0.25, 0.3) is 5.91 Å². The maximum Gasteiger partial charge on any atom is 0.255 e. The van der Waals surface area contributed by atoms with E-state index >= 15 is 0 Å². The Morgan fingerprint density at radius 1 is 1.30 bits per heavy atom. The van der Waals surface area contributed by atoms with Gasteiger partial charge in [-0.05, 0) is 57.0 Å². The van der Waals surface area contributed by atoms with Gasteiger partial charge >= 0.3 is 0 Å². The number of pyridine rings is 1. The monoisotopic (exact) mass is 387 g/mol. The molecule has 0 unspecified atom stereocenters. The molecule has 3 rings (SSSR count). The number of hydrogen-bond donors (Lipinski definition) is 1. The van der Waals surface area contributed by atoms with Crippen molar-refractivity contribution >= 4 is 17.5 Å². The van der Waals surface area contributed by atoms with Crippen LogP contribution in [-0.4, -0.2) is 41.0 Å². The number of hydrogen-bond acceptors (Lipinski definition) is 4. The molecule has 1 aromatic carbocycles. The molecule has 0 atom stereocenters. The Labute approximate surface area is 165 Å². The number of benzene rings is 1. The number of rotatable bonds is 6. The standard InChI is InChI=1S/C21H26ClN3O2/c1-15(2)27-20-7-6-16(22)13-19(20)21(26)24-17-8-11-25(12-9-17)14-18-5-3-4-10-23-18/h3-7,10,13,15,17H,8-9,11-12,14H2,1-2H3,(H,24,26). The van der Waals surface area contributed by atoms with Crippen molar-refractivity contribution in [2.45, 2.75) is 45.4 Å². The molecule has 0 saturated carbocycles. The molecule has 1 N–H and O–H groups in total. The third-order valence-electron chi connectivity index (χ3n) is 4.58. The Kier molecular flexibility index (Phi) is 6.69. The van der Waals surface area contributed by atoms with E-state index in [9.17, 15) is 4.79 Å². The number of piperidine rings is 1. The normalized spacial score (nSPS) is 15.7. The third-order valence-corrected chi connectivity index (χ3v) is 4.82. The molecule has 0 spiro atoms. The summed E-state index contributed by atoms with van der Waals surface area (Å²) >= 11 is 6.09. The van der Waals surface area contributed by atoms with Crippen molar-refractivity contribution in [1.82, 2.24) is 15.2 Å². The van der Waals surface area contributed by atoms with Crippen LogP contribution in [0.2, 0.25) is 5.02 Å². The Morgan fingerprint density at radius 3 is 2.74 bits per heavy atom. The predicted molar refractivity (Wildman–Crippen MR) is 107 cm³/mol. The maximum absolute atomic E-state index is 12.8. The van der Waals surface area contributed by atoms with Gasteiger partial charge in [-0.1, -0.05) is 17.7 Å². The number of likely N-dealkylation sites (tertiary alicyclic amines) is 1. The van der Waals surface area contributed by atoms with E-state index in [0.717, 1.165) is 38.2 Å². The highest BCUT2D eigenvalue weighted by atomic mass is 35.5. The molecule has 1 amide bonds. The number of ether oxygens (including phenoxy) is 1. The topological polar surface area (TPSA) is 54.5 Å². The Balaban J connectivity index is 1.56. The number of amides is 1. The molecule has 0 bridgehead atoms. The molecule has 2 heterocycles. The first-order valence-electron chi connectivity index (χ1n) is 9.40. The van der Waals surface area contributed by atoms with E-state index < -0.39 is 0 Å². The van der Waals surface area contributed by atoms with E-state index in [4.69, 9.17) is 16.3 Å². The quantitative estimate of drug-likeness (QED) is 0.816. The lowest BCUT2D eigenvalue weighted by molar-refractivity contribution is 0.0902. The summed E-state index contributed by atoms with van der Waals surface area (Å²) in [5.41, 5.74) is 1.57. The second-order valence-corrected chi connectivity index (χ2v) is 7.59. The van der Waals surface area contributed by atoms with Crippen LogP contribution in [-0.2, 0) is 6.54 Å². The molecule has 1 aromatic heterocycles. The highest BCUT2D eigenvalue weighted by Crippen LogP contribution is 2.24. The second kappa shape index (κ2) is 9.20. The van der Waals surface area contributed by atoms with Crippen molar-refractivity contribution in [3.05, 3.63) is 58.9 Å². The predicted octanol–water partition coefficient (Wildman–Crippen LogP) is 3.92. The van der Waals surface area contributed by atoms with Gasteiger partial charge < -0.3 is 10.1 Å². The number of carbonyl (C=O) groups excluding carboxylic acids is 1. The summed E-state index contributed by atoms with van der Waals surface area (Å²) in [4.78, 5) is 19.5. The summed E-state index contributed by atoms with van der Waals surface area (Å²) in [6.07, 6.45) is 3.65. The summed E-state index contributed by atoms with van der Waals surface area (Å²) in [5.74, 6) is 0.441. The van der Waals surface area contributed by atoms with Crippen LogP contribution in [0, 0.1) is 0 Å². The first kappa shape index (κ1) is 19.6. The van der Waals surface area contributed by atoms with Crippen LogP contribution >= 0.6 is 11.6 Å². The fourth-order valence-corrected chi connectivity index (χ4v) is 3.43. The van der Waals surface area contributed by atoms with Crippen molar-refractivity contribution in [3.63, 3.8) is 0 Å². The van der Waals surface area contributed by atoms with Gasteiger partial charge in [-0.25, -0.2) is 0 Å². The summed E-state index contributed by atoms with van der Waals surface area (Å²) in [6.45, 7) is 6.60. The largest absolute Gasteiger partial charge is 0.490 e. The highest BCUT2D eigenvalue weighted by Gasteiger charge is 2.23. The number of halogens is 1. The Morgan fingerprint density at radius 2 is 2.07 bits per heavy atom. The van der Waals surface area contributed by atoms with E-state index in [-0.39, 0.29) is 18.1 Å². The first-order chi connectivity index (χ1) is 13.0. The summed E-state index contributed by atoms with van der Waals surface area (Å²) in [5, 5.41) is 3.67. The summed E-state index contributed by atoms with van der Waals surface area (Å²) in [7, 11) is 0. The molecule has 6 heteroatoms. The molecule has 1 aliphatic heterocycles. The van der Waals surface area contributed by atoms with Crippen LogP contribution in [0.25, 0.3) is 0 Å². The fourth-order valence-electron chi connectivity index (χ4n) is 3.26. The lowest BCUT2D eigenvalue weighted by atomic mass is 10.0. The molecule has 144 valence electrons. The second-order valence-electron chi connectivity index (χ2n) is 7.15. The molecular formula is C21H26ClN3O2. The Bertz CT molecular complexity index is 759. The van der Waals surface area contributed by atoms with Crippen LogP contribution in [0.15, 0.2) is 42.6 Å². The fraction of sp³-hybridized carbons (Fsp3) is 0.429. The molecule has 1 fully saturated rings. The minimum absolute atomic E-state index is 0.00689. The van der Waals surface area contributed by atoms with Crippen molar-refractivity contribution < 1.29 is 9.53 Å². The SMILES string of the molecule is CC(C)Oc1ccc(Cl)cc1C(=O)NC1CCN(Cc2ccccn2)CC1. The molecule has 5 nitrogen and oxygen atoms in total. The van der Waals surface area contributed by atoms with Crippen molar-refractivity contribution in [3.8, 4) is 5.75 Å². The molecule has 0 aliphatic carbocycles. The molecule has 1 saturated heterocycles.